The van der Waals surface area contributed by atoms with Crippen LogP contribution in [-0.4, -0.2) is 0 Å². The first-order chi connectivity index (χ1) is 16.4. The molecule has 0 unspecified atom stereocenters. The summed E-state index contributed by atoms with van der Waals surface area (Å²) in [5.41, 5.74) is 4.85. The molecule has 2 aliphatic rings. The van der Waals surface area contributed by atoms with E-state index in [-0.39, 0.29) is 0 Å². The Kier molecular flexibility index (Phi) is 11.9. The van der Waals surface area contributed by atoms with E-state index in [1.807, 2.05) is 0 Å². The Balaban J connectivity index is 0.000000222. The van der Waals surface area contributed by atoms with Crippen molar-refractivity contribution in [3.8, 4) is 0 Å². The van der Waals surface area contributed by atoms with Crippen molar-refractivity contribution in [2.45, 2.75) is 118 Å². The Hall–Kier alpha value is 0.163. The zero-order chi connectivity index (χ0) is 26.3. The molecule has 0 N–H and O–H groups in total. The summed E-state index contributed by atoms with van der Waals surface area (Å²) < 4.78 is 0. The Morgan fingerprint density at radius 1 is 0.600 bits per heavy atom. The van der Waals surface area contributed by atoms with Crippen LogP contribution in [0, 0.1) is 22.7 Å². The Morgan fingerprint density at radius 3 is 1.03 bits per heavy atom. The summed E-state index contributed by atoms with van der Waals surface area (Å²) in [6.07, 6.45) is 11.1. The molecule has 4 rings (SSSR count). The van der Waals surface area contributed by atoms with Crippen LogP contribution in [0.2, 0.25) is 0 Å². The third-order valence-corrected chi connectivity index (χ3v) is 10.7. The van der Waals surface area contributed by atoms with Crippen molar-refractivity contribution in [3.05, 3.63) is 59.7 Å². The molecule has 0 aromatic heterocycles. The molecule has 2 aliphatic carbocycles. The molecule has 196 valence electrons. The molecular weight excluding hydrogens is 546 g/mol. The summed E-state index contributed by atoms with van der Waals surface area (Å²) in [5.74, 6) is 1.47. The van der Waals surface area contributed by atoms with Gasteiger partial charge in [-0.3, -0.25) is 0 Å². The third kappa shape index (κ3) is 6.43. The summed E-state index contributed by atoms with van der Waals surface area (Å²) in [6, 6.07) is 18.2. The minimum atomic E-state index is -0.826. The van der Waals surface area contributed by atoms with Gasteiger partial charge in [-0.25, -0.2) is 24.3 Å². The fraction of sp³-hybridized carbons (Fsp3) is 0.688. The van der Waals surface area contributed by atoms with Crippen molar-refractivity contribution in [3.63, 3.8) is 0 Å². The van der Waals surface area contributed by atoms with Gasteiger partial charge in [0.1, 0.15) is 0 Å². The molecule has 2 fully saturated rings. The number of halogens is 2. The second-order valence-corrected chi connectivity index (χ2v) is 16.5. The number of hydrogen-bond acceptors (Lipinski definition) is 0. The van der Waals surface area contributed by atoms with Crippen LogP contribution in [0.15, 0.2) is 48.5 Å². The van der Waals surface area contributed by atoms with Gasteiger partial charge in [-0.05, 0) is 33.5 Å². The molecule has 3 heteroatoms. The van der Waals surface area contributed by atoms with Gasteiger partial charge < -0.3 is 0 Å². The Bertz CT molecular complexity index is 745. The van der Waals surface area contributed by atoms with E-state index in [0.29, 0.717) is 21.7 Å². The zero-order valence-electron chi connectivity index (χ0n) is 23.7. The molecule has 35 heavy (non-hydrogen) atoms. The van der Waals surface area contributed by atoms with Crippen LogP contribution in [0.1, 0.15) is 118 Å². The van der Waals surface area contributed by atoms with Gasteiger partial charge in [-0.2, -0.15) is 35.4 Å². The van der Waals surface area contributed by atoms with E-state index in [1.54, 1.807) is 11.1 Å². The fourth-order valence-corrected chi connectivity index (χ4v) is 7.06. The van der Waals surface area contributed by atoms with Crippen LogP contribution in [0.5, 0.6) is 0 Å². The van der Waals surface area contributed by atoms with Crippen LogP contribution in [0.4, 0.5) is 0 Å². The molecule has 0 amide bonds. The minimum absolute atomic E-state index is 0.401. The summed E-state index contributed by atoms with van der Waals surface area (Å²) in [4.78, 5) is 0. The van der Waals surface area contributed by atoms with Gasteiger partial charge in [0, 0.05) is 0 Å². The normalized spacial score (nSPS) is 19.1. The average Bonchev–Trinajstić information content (AvgIpc) is 3.61. The quantitative estimate of drug-likeness (QED) is 0.291. The average molecular weight is 597 g/mol. The first-order valence-electron chi connectivity index (χ1n) is 13.8. The maximum atomic E-state index is 4.93. The van der Waals surface area contributed by atoms with Crippen LogP contribution < -0.4 is 0 Å². The predicted octanol–water partition coefficient (Wildman–Crippen LogP) is 11.2. The predicted molar refractivity (Wildman–Crippen MR) is 153 cm³/mol. The van der Waals surface area contributed by atoms with Crippen molar-refractivity contribution in [1.29, 1.82) is 0 Å². The third-order valence-electron chi connectivity index (χ3n) is 10.7. The summed E-state index contributed by atoms with van der Waals surface area (Å²) in [7, 11) is 9.87. The fourth-order valence-electron chi connectivity index (χ4n) is 7.06. The molecule has 0 radical (unpaired) electrons. The van der Waals surface area contributed by atoms with E-state index in [2.05, 4.69) is 104 Å². The molecule has 2 aromatic carbocycles. The molecule has 2 aromatic rings. The Labute approximate surface area is 236 Å². The molecule has 0 spiro atoms. The molecule has 2 saturated carbocycles. The topological polar surface area (TPSA) is 0 Å². The molecule has 0 saturated heterocycles. The Morgan fingerprint density at radius 2 is 0.829 bits per heavy atom. The van der Waals surface area contributed by atoms with E-state index in [4.69, 9.17) is 17.0 Å². The molecule has 0 heterocycles. The molecular formula is C32H50Cl2Zr. The molecule has 0 aliphatic heterocycles. The summed E-state index contributed by atoms with van der Waals surface area (Å²) in [5, 5.41) is 0. The first kappa shape index (κ1) is 31.4. The van der Waals surface area contributed by atoms with E-state index < -0.39 is 20.8 Å². The standard InChI is InChI=1S/2C16H25.2ClH.Zr/c2*1-13(2)15(3,4)16(11-7-8-12-16)14-9-5-6-10-14;;;/h2*5-6,9-10,13H,7-8,11-12H2,1-4H3;2*1H;/q2*-1;;;+4/p-2. The van der Waals surface area contributed by atoms with Gasteiger partial charge in [-0.1, -0.05) is 107 Å². The van der Waals surface area contributed by atoms with E-state index >= 15 is 0 Å². The van der Waals surface area contributed by atoms with Crippen molar-refractivity contribution in [2.24, 2.45) is 22.7 Å². The van der Waals surface area contributed by atoms with Crippen molar-refractivity contribution in [2.75, 3.05) is 0 Å². The van der Waals surface area contributed by atoms with Crippen LogP contribution >= 0.6 is 17.0 Å². The van der Waals surface area contributed by atoms with Gasteiger partial charge >= 0.3 is 37.9 Å². The van der Waals surface area contributed by atoms with E-state index in [1.165, 1.54) is 51.4 Å². The second kappa shape index (κ2) is 13.3. The van der Waals surface area contributed by atoms with Gasteiger partial charge in [0.25, 0.3) is 0 Å². The van der Waals surface area contributed by atoms with Gasteiger partial charge in [0.15, 0.2) is 0 Å². The van der Waals surface area contributed by atoms with Gasteiger partial charge in [0.2, 0.25) is 0 Å². The molecule has 0 atom stereocenters. The summed E-state index contributed by atoms with van der Waals surface area (Å²) in [6.45, 7) is 19.4. The monoisotopic (exact) mass is 594 g/mol. The van der Waals surface area contributed by atoms with Crippen LogP contribution in [0.25, 0.3) is 0 Å². The number of hydrogen-bond donors (Lipinski definition) is 0. The zero-order valence-corrected chi connectivity index (χ0v) is 27.7. The summed E-state index contributed by atoms with van der Waals surface area (Å²) >= 11 is -0.826. The molecule has 0 nitrogen and oxygen atoms in total. The van der Waals surface area contributed by atoms with Crippen LogP contribution in [0.3, 0.4) is 0 Å². The number of rotatable bonds is 6. The van der Waals surface area contributed by atoms with Gasteiger partial charge in [-0.15, -0.1) is 0 Å². The molecule has 0 bridgehead atoms. The van der Waals surface area contributed by atoms with E-state index in [9.17, 15) is 0 Å². The van der Waals surface area contributed by atoms with Crippen LogP contribution in [-0.2, 0) is 31.7 Å². The van der Waals surface area contributed by atoms with Gasteiger partial charge in [0.05, 0.1) is 0 Å². The first-order valence-corrected chi connectivity index (χ1v) is 20.2. The van der Waals surface area contributed by atoms with Crippen molar-refractivity contribution < 1.29 is 20.8 Å². The van der Waals surface area contributed by atoms with E-state index in [0.717, 1.165) is 11.8 Å². The SMILES string of the molecule is CC(C)C(C)(C)C1([c-]2cccc2)CCCC1.CC(C)C(C)(C)C1([c-]2cccc2)CCCC1.[Cl][Zr+2][Cl]. The second-order valence-electron chi connectivity index (χ2n) is 12.7. The van der Waals surface area contributed by atoms with Crippen molar-refractivity contribution in [1.82, 2.24) is 0 Å². The van der Waals surface area contributed by atoms with Crippen molar-refractivity contribution >= 4 is 17.0 Å². The maximum absolute atomic E-state index is 4.93.